The summed E-state index contributed by atoms with van der Waals surface area (Å²) in [6.07, 6.45) is 5.23. The molecule has 94 valence electrons. The molecule has 0 saturated carbocycles. The van der Waals surface area contributed by atoms with Gasteiger partial charge in [0.15, 0.2) is 0 Å². The Bertz CT molecular complexity index is 362. The highest BCUT2D eigenvalue weighted by Crippen LogP contribution is 2.25. The van der Waals surface area contributed by atoms with Gasteiger partial charge in [0.25, 0.3) is 0 Å². The minimum Gasteiger partial charge on any atom is -0.371 e. The van der Waals surface area contributed by atoms with Crippen molar-refractivity contribution in [2.75, 3.05) is 18.0 Å². The van der Waals surface area contributed by atoms with E-state index in [2.05, 4.69) is 43.9 Å². The molecule has 1 fully saturated rings. The summed E-state index contributed by atoms with van der Waals surface area (Å²) in [6, 6.07) is 7.04. The Morgan fingerprint density at radius 1 is 1.18 bits per heavy atom. The van der Waals surface area contributed by atoms with Gasteiger partial charge in [-0.3, -0.25) is 0 Å². The Morgan fingerprint density at radius 3 is 2.47 bits per heavy atom. The Hall–Kier alpha value is -0.980. The highest BCUT2D eigenvalue weighted by molar-refractivity contribution is 5.55. The number of hydrogen-bond donors (Lipinski definition) is 0. The molecule has 1 saturated heterocycles. The SMILES string of the molecule is Cc1cc(CCC(C)C)ccc1N1CCCC1. The fourth-order valence-electron chi connectivity index (χ4n) is 2.64. The summed E-state index contributed by atoms with van der Waals surface area (Å²) >= 11 is 0. The maximum absolute atomic E-state index is 2.53. The second-order valence-electron chi connectivity index (χ2n) is 5.75. The van der Waals surface area contributed by atoms with Crippen molar-refractivity contribution in [3.8, 4) is 0 Å². The van der Waals surface area contributed by atoms with Crippen LogP contribution < -0.4 is 4.90 Å². The quantitative estimate of drug-likeness (QED) is 0.751. The molecule has 0 spiro atoms. The second kappa shape index (κ2) is 5.57. The van der Waals surface area contributed by atoms with Crippen LogP contribution in [0.2, 0.25) is 0 Å². The monoisotopic (exact) mass is 231 g/mol. The van der Waals surface area contributed by atoms with Crippen LogP contribution in [0, 0.1) is 12.8 Å². The molecule has 1 nitrogen and oxygen atoms in total. The number of hydrogen-bond acceptors (Lipinski definition) is 1. The molecule has 1 aliphatic heterocycles. The lowest BCUT2D eigenvalue weighted by atomic mass is 10.0. The van der Waals surface area contributed by atoms with Crippen molar-refractivity contribution in [3.63, 3.8) is 0 Å². The van der Waals surface area contributed by atoms with Gasteiger partial charge in [0.1, 0.15) is 0 Å². The van der Waals surface area contributed by atoms with Crippen LogP contribution >= 0.6 is 0 Å². The van der Waals surface area contributed by atoms with Gasteiger partial charge in [-0.05, 0) is 55.7 Å². The minimum absolute atomic E-state index is 0.800. The number of rotatable bonds is 4. The van der Waals surface area contributed by atoms with E-state index in [1.54, 1.807) is 0 Å². The molecule has 1 aromatic carbocycles. The molecule has 0 aliphatic carbocycles. The predicted molar refractivity (Wildman–Crippen MR) is 75.8 cm³/mol. The third kappa shape index (κ3) is 3.24. The molecule has 0 atom stereocenters. The maximum Gasteiger partial charge on any atom is 0.0396 e. The average molecular weight is 231 g/mol. The third-order valence-corrected chi connectivity index (χ3v) is 3.72. The van der Waals surface area contributed by atoms with Gasteiger partial charge in [-0.25, -0.2) is 0 Å². The van der Waals surface area contributed by atoms with E-state index in [1.165, 1.54) is 55.6 Å². The van der Waals surface area contributed by atoms with Crippen LogP contribution in [0.25, 0.3) is 0 Å². The number of aryl methyl sites for hydroxylation is 2. The molecule has 1 heterocycles. The zero-order valence-electron chi connectivity index (χ0n) is 11.5. The maximum atomic E-state index is 2.53. The van der Waals surface area contributed by atoms with Crippen LogP contribution in [0.1, 0.15) is 44.2 Å². The summed E-state index contributed by atoms with van der Waals surface area (Å²) < 4.78 is 0. The van der Waals surface area contributed by atoms with Gasteiger partial charge in [0.2, 0.25) is 0 Å². The molecule has 1 heteroatoms. The molecule has 0 amide bonds. The molecule has 0 radical (unpaired) electrons. The Morgan fingerprint density at radius 2 is 1.88 bits per heavy atom. The van der Waals surface area contributed by atoms with Crippen LogP contribution in [0.3, 0.4) is 0 Å². The molecular formula is C16H25N. The number of benzene rings is 1. The fourth-order valence-corrected chi connectivity index (χ4v) is 2.64. The second-order valence-corrected chi connectivity index (χ2v) is 5.75. The van der Waals surface area contributed by atoms with E-state index < -0.39 is 0 Å². The summed E-state index contributed by atoms with van der Waals surface area (Å²) in [6.45, 7) is 9.34. The van der Waals surface area contributed by atoms with Gasteiger partial charge in [-0.15, -0.1) is 0 Å². The number of nitrogens with zero attached hydrogens (tertiary/aromatic N) is 1. The van der Waals surface area contributed by atoms with Crippen LogP contribution in [0.4, 0.5) is 5.69 Å². The van der Waals surface area contributed by atoms with Crippen LogP contribution in [0.15, 0.2) is 18.2 Å². The predicted octanol–water partition coefficient (Wildman–Crippen LogP) is 4.18. The lowest BCUT2D eigenvalue weighted by Crippen LogP contribution is -2.18. The highest BCUT2D eigenvalue weighted by Gasteiger charge is 2.14. The molecular weight excluding hydrogens is 206 g/mol. The van der Waals surface area contributed by atoms with Crippen molar-refractivity contribution in [2.24, 2.45) is 5.92 Å². The van der Waals surface area contributed by atoms with Gasteiger partial charge in [0, 0.05) is 18.8 Å². The molecule has 0 unspecified atom stereocenters. The van der Waals surface area contributed by atoms with E-state index in [0.717, 1.165) is 5.92 Å². The Balaban J connectivity index is 2.05. The lowest BCUT2D eigenvalue weighted by Gasteiger charge is -2.20. The van der Waals surface area contributed by atoms with Gasteiger partial charge in [-0.2, -0.15) is 0 Å². The summed E-state index contributed by atoms with van der Waals surface area (Å²) in [4.78, 5) is 2.53. The van der Waals surface area contributed by atoms with Crippen molar-refractivity contribution >= 4 is 5.69 Å². The minimum atomic E-state index is 0.800. The van der Waals surface area contributed by atoms with Gasteiger partial charge >= 0.3 is 0 Å². The van der Waals surface area contributed by atoms with Crippen LogP contribution in [0.5, 0.6) is 0 Å². The van der Waals surface area contributed by atoms with Gasteiger partial charge in [-0.1, -0.05) is 26.0 Å². The lowest BCUT2D eigenvalue weighted by molar-refractivity contribution is 0.586. The van der Waals surface area contributed by atoms with Crippen LogP contribution in [-0.4, -0.2) is 13.1 Å². The standard InChI is InChI=1S/C16H25N/c1-13(2)6-7-15-8-9-16(14(3)12-15)17-10-4-5-11-17/h8-9,12-13H,4-7,10-11H2,1-3H3. The summed E-state index contributed by atoms with van der Waals surface area (Å²) in [7, 11) is 0. The zero-order chi connectivity index (χ0) is 12.3. The first kappa shape index (κ1) is 12.5. The van der Waals surface area contributed by atoms with Crippen LogP contribution in [-0.2, 0) is 6.42 Å². The Kier molecular flexibility index (Phi) is 4.09. The summed E-state index contributed by atoms with van der Waals surface area (Å²) in [5, 5.41) is 0. The normalized spacial score (nSPS) is 15.9. The largest absolute Gasteiger partial charge is 0.371 e. The van der Waals surface area contributed by atoms with Gasteiger partial charge < -0.3 is 4.90 Å². The van der Waals surface area contributed by atoms with E-state index >= 15 is 0 Å². The van der Waals surface area contributed by atoms with Crippen molar-refractivity contribution < 1.29 is 0 Å². The third-order valence-electron chi connectivity index (χ3n) is 3.72. The fraction of sp³-hybridized carbons (Fsp3) is 0.625. The molecule has 0 bridgehead atoms. The molecule has 2 rings (SSSR count). The average Bonchev–Trinajstić information content (AvgIpc) is 2.79. The molecule has 1 aromatic rings. The van der Waals surface area contributed by atoms with Gasteiger partial charge in [0.05, 0.1) is 0 Å². The topological polar surface area (TPSA) is 3.24 Å². The highest BCUT2D eigenvalue weighted by atomic mass is 15.1. The van der Waals surface area contributed by atoms with E-state index in [9.17, 15) is 0 Å². The molecule has 17 heavy (non-hydrogen) atoms. The van der Waals surface area contributed by atoms with Crippen molar-refractivity contribution in [3.05, 3.63) is 29.3 Å². The summed E-state index contributed by atoms with van der Waals surface area (Å²) in [5.74, 6) is 0.800. The van der Waals surface area contributed by atoms with E-state index in [0.29, 0.717) is 0 Å². The Labute approximate surface area is 106 Å². The van der Waals surface area contributed by atoms with E-state index in [-0.39, 0.29) is 0 Å². The zero-order valence-corrected chi connectivity index (χ0v) is 11.5. The molecule has 1 aliphatic rings. The van der Waals surface area contributed by atoms with Crippen molar-refractivity contribution in [1.82, 2.24) is 0 Å². The number of anilines is 1. The van der Waals surface area contributed by atoms with Crippen molar-refractivity contribution in [1.29, 1.82) is 0 Å². The smallest absolute Gasteiger partial charge is 0.0396 e. The molecule has 0 N–H and O–H groups in total. The van der Waals surface area contributed by atoms with E-state index in [1.807, 2.05) is 0 Å². The first-order chi connectivity index (χ1) is 8.16. The summed E-state index contributed by atoms with van der Waals surface area (Å²) in [5.41, 5.74) is 4.41. The van der Waals surface area contributed by atoms with E-state index in [4.69, 9.17) is 0 Å². The molecule has 0 aromatic heterocycles. The van der Waals surface area contributed by atoms with Crippen molar-refractivity contribution in [2.45, 2.75) is 46.5 Å². The first-order valence-corrected chi connectivity index (χ1v) is 7.01. The first-order valence-electron chi connectivity index (χ1n) is 7.01.